The monoisotopic (exact) mass is 364 g/mol. The van der Waals surface area contributed by atoms with Gasteiger partial charge in [-0.15, -0.1) is 11.8 Å². The first-order chi connectivity index (χ1) is 12.7. The maximum Gasteiger partial charge on any atom is 0.224 e. The first kappa shape index (κ1) is 17.2. The van der Waals surface area contributed by atoms with Crippen molar-refractivity contribution in [3.8, 4) is 0 Å². The van der Waals surface area contributed by atoms with Crippen LogP contribution in [0.3, 0.4) is 0 Å². The quantitative estimate of drug-likeness (QED) is 0.549. The zero-order valence-corrected chi connectivity index (χ0v) is 16.0. The fourth-order valence-electron chi connectivity index (χ4n) is 4.06. The van der Waals surface area contributed by atoms with Gasteiger partial charge in [0.05, 0.1) is 6.04 Å². The topological polar surface area (TPSA) is 41.1 Å². The molecule has 0 aromatic heterocycles. The number of amides is 1. The average molecular weight is 365 g/mol. The van der Waals surface area contributed by atoms with Gasteiger partial charge in [0.2, 0.25) is 5.91 Å². The molecular weight excluding hydrogens is 340 g/mol. The summed E-state index contributed by atoms with van der Waals surface area (Å²) in [6.45, 7) is 1.87. The molecule has 2 aromatic rings. The number of carbonyl (C=O) groups excluding carboxylic acids is 1. The van der Waals surface area contributed by atoms with E-state index < -0.39 is 0 Å². The van der Waals surface area contributed by atoms with Crippen LogP contribution in [0.1, 0.15) is 42.9 Å². The smallest absolute Gasteiger partial charge is 0.224 e. The molecule has 0 saturated heterocycles. The number of allylic oxidation sites excluding steroid dienone is 2. The first-order valence-electron chi connectivity index (χ1n) is 9.20. The van der Waals surface area contributed by atoms with Gasteiger partial charge in [-0.1, -0.05) is 31.2 Å². The Kier molecular flexibility index (Phi) is 4.77. The standard InChI is InChI=1S/C22H24N2OS/c1-3-21(25)23-15-9-12-20-19(13-15)17-5-4-6-18(17)22(24-20)14-7-10-16(26-2)11-8-14/h4-5,7-13,17-18,22,24H,3,6H2,1-2H3,(H,23,25). The lowest BCUT2D eigenvalue weighted by Crippen LogP contribution is -2.29. The lowest BCUT2D eigenvalue weighted by Gasteiger charge is -2.37. The van der Waals surface area contributed by atoms with Gasteiger partial charge < -0.3 is 10.6 Å². The van der Waals surface area contributed by atoms with E-state index in [9.17, 15) is 4.79 Å². The van der Waals surface area contributed by atoms with Crippen LogP contribution >= 0.6 is 11.8 Å². The molecule has 2 aromatic carbocycles. The van der Waals surface area contributed by atoms with Gasteiger partial charge in [0.1, 0.15) is 0 Å². The van der Waals surface area contributed by atoms with E-state index in [0.29, 0.717) is 24.3 Å². The zero-order chi connectivity index (χ0) is 18.1. The summed E-state index contributed by atoms with van der Waals surface area (Å²) in [5, 5.41) is 6.74. The Bertz CT molecular complexity index is 844. The van der Waals surface area contributed by atoms with Crippen molar-refractivity contribution in [2.24, 2.45) is 5.92 Å². The number of hydrogen-bond acceptors (Lipinski definition) is 3. The van der Waals surface area contributed by atoms with E-state index in [-0.39, 0.29) is 5.91 Å². The summed E-state index contributed by atoms with van der Waals surface area (Å²) in [6.07, 6.45) is 8.31. The lowest BCUT2D eigenvalue weighted by atomic mass is 9.77. The molecule has 2 N–H and O–H groups in total. The van der Waals surface area contributed by atoms with Gasteiger partial charge in [-0.3, -0.25) is 4.79 Å². The summed E-state index contributed by atoms with van der Waals surface area (Å²) >= 11 is 1.77. The molecule has 1 aliphatic heterocycles. The largest absolute Gasteiger partial charge is 0.378 e. The Labute approximate surface area is 159 Å². The number of thioether (sulfide) groups is 1. The summed E-state index contributed by atoms with van der Waals surface area (Å²) in [5.41, 5.74) is 4.69. The Balaban J connectivity index is 1.66. The van der Waals surface area contributed by atoms with Gasteiger partial charge >= 0.3 is 0 Å². The van der Waals surface area contributed by atoms with Crippen molar-refractivity contribution in [2.75, 3.05) is 16.9 Å². The first-order valence-corrected chi connectivity index (χ1v) is 10.4. The molecule has 0 spiro atoms. The molecule has 134 valence electrons. The molecule has 0 radical (unpaired) electrons. The number of benzene rings is 2. The highest BCUT2D eigenvalue weighted by molar-refractivity contribution is 7.98. The number of carbonyl (C=O) groups is 1. The van der Waals surface area contributed by atoms with E-state index in [2.05, 4.69) is 65.4 Å². The van der Waals surface area contributed by atoms with Crippen LogP contribution in [0.4, 0.5) is 11.4 Å². The minimum absolute atomic E-state index is 0.0546. The van der Waals surface area contributed by atoms with Crippen LogP contribution in [0.25, 0.3) is 0 Å². The van der Waals surface area contributed by atoms with Crippen LogP contribution < -0.4 is 10.6 Å². The van der Waals surface area contributed by atoms with Gasteiger partial charge in [-0.2, -0.15) is 0 Å². The van der Waals surface area contributed by atoms with Crippen molar-refractivity contribution < 1.29 is 4.79 Å². The minimum Gasteiger partial charge on any atom is -0.378 e. The van der Waals surface area contributed by atoms with Crippen molar-refractivity contribution in [2.45, 2.75) is 36.6 Å². The summed E-state index contributed by atoms with van der Waals surface area (Å²) < 4.78 is 0. The fourth-order valence-corrected chi connectivity index (χ4v) is 4.47. The Morgan fingerprint density at radius 2 is 2.04 bits per heavy atom. The van der Waals surface area contributed by atoms with Gasteiger partial charge in [-0.25, -0.2) is 0 Å². The summed E-state index contributed by atoms with van der Waals surface area (Å²) in [7, 11) is 0. The molecule has 0 fully saturated rings. The van der Waals surface area contributed by atoms with Crippen LogP contribution in [-0.2, 0) is 4.79 Å². The molecule has 1 aliphatic carbocycles. The molecule has 4 heteroatoms. The summed E-state index contributed by atoms with van der Waals surface area (Å²) in [4.78, 5) is 13.0. The van der Waals surface area contributed by atoms with E-state index in [1.165, 1.54) is 21.7 Å². The highest BCUT2D eigenvalue weighted by atomic mass is 32.2. The van der Waals surface area contributed by atoms with Gasteiger partial charge in [0, 0.05) is 28.6 Å². The summed E-state index contributed by atoms with van der Waals surface area (Å²) in [6, 6.07) is 15.5. The third-order valence-electron chi connectivity index (χ3n) is 5.44. The highest BCUT2D eigenvalue weighted by Crippen LogP contribution is 2.50. The molecule has 0 bridgehead atoms. The summed E-state index contributed by atoms with van der Waals surface area (Å²) in [5.74, 6) is 0.966. The fraction of sp³-hybridized carbons (Fsp3) is 0.318. The van der Waals surface area contributed by atoms with E-state index >= 15 is 0 Å². The Morgan fingerprint density at radius 1 is 1.23 bits per heavy atom. The van der Waals surface area contributed by atoms with Crippen molar-refractivity contribution in [3.05, 3.63) is 65.7 Å². The zero-order valence-electron chi connectivity index (χ0n) is 15.2. The number of fused-ring (bicyclic) bond motifs is 3. The minimum atomic E-state index is 0.0546. The third-order valence-corrected chi connectivity index (χ3v) is 6.19. The Morgan fingerprint density at radius 3 is 2.77 bits per heavy atom. The number of hydrogen-bond donors (Lipinski definition) is 2. The number of nitrogens with one attached hydrogen (secondary N) is 2. The van der Waals surface area contributed by atoms with Gasteiger partial charge in [-0.05, 0) is 60.1 Å². The van der Waals surface area contributed by atoms with Gasteiger partial charge in [0.25, 0.3) is 0 Å². The predicted molar refractivity (Wildman–Crippen MR) is 110 cm³/mol. The Hall–Kier alpha value is -2.20. The molecule has 3 atom stereocenters. The second kappa shape index (κ2) is 7.20. The normalized spacial score (nSPS) is 23.1. The SMILES string of the molecule is CCC(=O)Nc1ccc2c(c1)C1C=CCC1C(c1ccc(SC)cc1)N2. The van der Waals surface area contributed by atoms with Crippen molar-refractivity contribution in [3.63, 3.8) is 0 Å². The molecule has 26 heavy (non-hydrogen) atoms. The average Bonchev–Trinajstić information content (AvgIpc) is 3.17. The second-order valence-electron chi connectivity index (χ2n) is 6.95. The molecule has 0 saturated carbocycles. The van der Waals surface area contributed by atoms with Crippen molar-refractivity contribution in [1.82, 2.24) is 0 Å². The van der Waals surface area contributed by atoms with Crippen molar-refractivity contribution >= 4 is 29.0 Å². The van der Waals surface area contributed by atoms with E-state index in [1.807, 2.05) is 13.0 Å². The molecule has 2 aliphatic rings. The number of anilines is 2. The maximum absolute atomic E-state index is 11.7. The predicted octanol–water partition coefficient (Wildman–Crippen LogP) is 5.58. The molecule has 1 amide bonds. The third kappa shape index (κ3) is 3.14. The van der Waals surface area contributed by atoms with E-state index in [4.69, 9.17) is 0 Å². The maximum atomic E-state index is 11.7. The van der Waals surface area contributed by atoms with E-state index in [0.717, 1.165) is 12.1 Å². The highest BCUT2D eigenvalue weighted by Gasteiger charge is 2.37. The van der Waals surface area contributed by atoms with Crippen LogP contribution in [0, 0.1) is 5.92 Å². The molecule has 3 unspecified atom stereocenters. The molecule has 4 rings (SSSR count). The number of rotatable bonds is 4. The molecule has 1 heterocycles. The van der Waals surface area contributed by atoms with Crippen LogP contribution in [0.15, 0.2) is 59.5 Å². The lowest BCUT2D eigenvalue weighted by molar-refractivity contribution is -0.115. The van der Waals surface area contributed by atoms with Gasteiger partial charge in [0.15, 0.2) is 0 Å². The molecule has 3 nitrogen and oxygen atoms in total. The second-order valence-corrected chi connectivity index (χ2v) is 7.83. The molecular formula is C22H24N2OS. The van der Waals surface area contributed by atoms with Crippen molar-refractivity contribution in [1.29, 1.82) is 0 Å². The van der Waals surface area contributed by atoms with Crippen LogP contribution in [0.2, 0.25) is 0 Å². The van der Waals surface area contributed by atoms with Crippen LogP contribution in [0.5, 0.6) is 0 Å². The van der Waals surface area contributed by atoms with E-state index in [1.54, 1.807) is 11.8 Å². The van der Waals surface area contributed by atoms with Crippen LogP contribution in [-0.4, -0.2) is 12.2 Å².